The molecule has 2 amide bonds. The van der Waals surface area contributed by atoms with Crippen molar-refractivity contribution in [2.45, 2.75) is 45.2 Å². The molecule has 188 valence electrons. The van der Waals surface area contributed by atoms with Gasteiger partial charge in [-0.05, 0) is 46.7 Å². The molecule has 2 aromatic rings. The lowest BCUT2D eigenvalue weighted by Gasteiger charge is -2.52. The Morgan fingerprint density at radius 3 is 2.09 bits per heavy atom. The number of sulfonamides is 1. The van der Waals surface area contributed by atoms with Crippen molar-refractivity contribution in [3.05, 3.63) is 72.8 Å². The van der Waals surface area contributed by atoms with Gasteiger partial charge in [0.25, 0.3) is 0 Å². The van der Waals surface area contributed by atoms with Crippen LogP contribution in [-0.4, -0.2) is 49.0 Å². The SMILES string of the molecule is C=CC(=O)NC1C(C)(C)CN(S(=O)(=O)c2ccc(N(Cc3ccccc3)C(=O)O)cc2)CC1(C)C. The molecule has 1 fully saturated rings. The largest absolute Gasteiger partial charge is 0.465 e. The first-order valence-electron chi connectivity index (χ1n) is 11.4. The number of nitrogens with one attached hydrogen (secondary N) is 1. The van der Waals surface area contributed by atoms with Crippen molar-refractivity contribution in [1.29, 1.82) is 0 Å². The smallest absolute Gasteiger partial charge is 0.412 e. The summed E-state index contributed by atoms with van der Waals surface area (Å²) in [5.41, 5.74) is 0.126. The normalized spacial score (nSPS) is 17.9. The van der Waals surface area contributed by atoms with E-state index in [4.69, 9.17) is 0 Å². The molecule has 2 aromatic carbocycles. The summed E-state index contributed by atoms with van der Waals surface area (Å²) in [5.74, 6) is -0.290. The molecule has 0 saturated carbocycles. The molecule has 1 heterocycles. The van der Waals surface area contributed by atoms with E-state index in [9.17, 15) is 23.1 Å². The maximum absolute atomic E-state index is 13.5. The molecule has 1 aliphatic rings. The molecule has 9 heteroatoms. The summed E-state index contributed by atoms with van der Waals surface area (Å²) in [6.07, 6.45) is 0.0892. The summed E-state index contributed by atoms with van der Waals surface area (Å²) >= 11 is 0. The molecule has 0 bridgehead atoms. The monoisotopic (exact) mass is 499 g/mol. The molecule has 0 atom stereocenters. The molecular formula is C26H33N3O5S. The van der Waals surface area contributed by atoms with Crippen molar-refractivity contribution in [2.24, 2.45) is 10.8 Å². The molecule has 1 saturated heterocycles. The van der Waals surface area contributed by atoms with Crippen LogP contribution in [0.4, 0.5) is 10.5 Å². The standard InChI is InChI=1S/C26H33N3O5S/c1-6-22(30)27-23-25(2,3)17-28(18-26(23,4)5)35(33,34)21-14-12-20(13-15-21)29(24(31)32)16-19-10-8-7-9-11-19/h6-15,23H,1,16-18H2,2-5H3,(H,27,30)(H,31,32). The third-order valence-corrected chi connectivity index (χ3v) is 8.21. The fourth-order valence-corrected chi connectivity index (χ4v) is 6.73. The summed E-state index contributed by atoms with van der Waals surface area (Å²) in [4.78, 5) is 25.1. The summed E-state index contributed by atoms with van der Waals surface area (Å²) in [6, 6.07) is 14.8. The Labute approximate surface area is 207 Å². The van der Waals surface area contributed by atoms with Gasteiger partial charge >= 0.3 is 6.09 Å². The van der Waals surface area contributed by atoms with E-state index in [0.717, 1.165) is 5.56 Å². The molecule has 35 heavy (non-hydrogen) atoms. The van der Waals surface area contributed by atoms with Crippen LogP contribution in [0.2, 0.25) is 0 Å². The lowest BCUT2D eigenvalue weighted by Crippen LogP contribution is -2.64. The maximum Gasteiger partial charge on any atom is 0.412 e. The quantitative estimate of drug-likeness (QED) is 0.558. The van der Waals surface area contributed by atoms with Gasteiger partial charge in [-0.1, -0.05) is 64.6 Å². The highest BCUT2D eigenvalue weighted by atomic mass is 32.2. The minimum absolute atomic E-state index is 0.0893. The fraction of sp³-hybridized carbons (Fsp3) is 0.385. The van der Waals surface area contributed by atoms with E-state index >= 15 is 0 Å². The number of nitrogens with zero attached hydrogens (tertiary/aromatic N) is 2. The van der Waals surface area contributed by atoms with E-state index in [1.165, 1.54) is 39.5 Å². The number of piperidine rings is 1. The van der Waals surface area contributed by atoms with Crippen LogP contribution in [0.15, 0.2) is 72.1 Å². The maximum atomic E-state index is 13.5. The van der Waals surface area contributed by atoms with Gasteiger partial charge in [-0.3, -0.25) is 9.69 Å². The van der Waals surface area contributed by atoms with Gasteiger partial charge < -0.3 is 10.4 Å². The zero-order valence-electron chi connectivity index (χ0n) is 20.6. The van der Waals surface area contributed by atoms with Crippen LogP contribution in [0.3, 0.4) is 0 Å². The van der Waals surface area contributed by atoms with Gasteiger partial charge in [-0.25, -0.2) is 13.2 Å². The van der Waals surface area contributed by atoms with Gasteiger partial charge in [-0.2, -0.15) is 4.31 Å². The van der Waals surface area contributed by atoms with Crippen LogP contribution in [-0.2, 0) is 21.4 Å². The van der Waals surface area contributed by atoms with E-state index in [1.54, 1.807) is 0 Å². The molecule has 0 radical (unpaired) electrons. The predicted molar refractivity (Wildman–Crippen MR) is 136 cm³/mol. The summed E-state index contributed by atoms with van der Waals surface area (Å²) in [6.45, 7) is 11.8. The first-order valence-corrected chi connectivity index (χ1v) is 12.8. The highest BCUT2D eigenvalue weighted by Crippen LogP contribution is 2.42. The van der Waals surface area contributed by atoms with Crippen molar-refractivity contribution >= 4 is 27.7 Å². The third kappa shape index (κ3) is 5.74. The number of amides is 2. The molecule has 8 nitrogen and oxygen atoms in total. The number of benzene rings is 2. The summed E-state index contributed by atoms with van der Waals surface area (Å²) < 4.78 is 28.5. The lowest BCUT2D eigenvalue weighted by atomic mass is 9.67. The minimum Gasteiger partial charge on any atom is -0.465 e. The fourth-order valence-electron chi connectivity index (χ4n) is 4.95. The van der Waals surface area contributed by atoms with Crippen molar-refractivity contribution in [3.63, 3.8) is 0 Å². The molecule has 0 aromatic heterocycles. The number of rotatable bonds is 7. The van der Waals surface area contributed by atoms with Crippen molar-refractivity contribution in [3.8, 4) is 0 Å². The van der Waals surface area contributed by atoms with Gasteiger partial charge in [0.1, 0.15) is 0 Å². The van der Waals surface area contributed by atoms with Crippen LogP contribution in [0.5, 0.6) is 0 Å². The van der Waals surface area contributed by atoms with E-state index in [0.29, 0.717) is 5.69 Å². The molecule has 3 rings (SSSR count). The van der Waals surface area contributed by atoms with Gasteiger partial charge in [0.15, 0.2) is 0 Å². The van der Waals surface area contributed by atoms with E-state index in [2.05, 4.69) is 11.9 Å². The minimum atomic E-state index is -3.85. The van der Waals surface area contributed by atoms with E-state index in [-0.39, 0.29) is 36.5 Å². The Morgan fingerprint density at radius 1 is 1.06 bits per heavy atom. The summed E-state index contributed by atoms with van der Waals surface area (Å²) in [7, 11) is -3.85. The average molecular weight is 500 g/mol. The third-order valence-electron chi connectivity index (χ3n) is 6.40. The molecule has 1 aliphatic heterocycles. The molecular weight excluding hydrogens is 466 g/mol. The zero-order chi connectivity index (χ0) is 26.0. The molecule has 2 N–H and O–H groups in total. The second kappa shape index (κ2) is 9.83. The molecule has 0 unspecified atom stereocenters. The first kappa shape index (κ1) is 26.4. The van der Waals surface area contributed by atoms with Gasteiger partial charge in [0.2, 0.25) is 15.9 Å². The van der Waals surface area contributed by atoms with Crippen LogP contribution in [0, 0.1) is 10.8 Å². The molecule has 0 spiro atoms. The number of carbonyl (C=O) groups excluding carboxylic acids is 1. The Bertz CT molecular complexity index is 1170. The van der Waals surface area contributed by atoms with Gasteiger partial charge in [0.05, 0.1) is 11.4 Å². The first-order chi connectivity index (χ1) is 16.3. The van der Waals surface area contributed by atoms with Crippen molar-refractivity contribution < 1.29 is 23.1 Å². The number of hydrogen-bond donors (Lipinski definition) is 2. The van der Waals surface area contributed by atoms with Crippen molar-refractivity contribution in [1.82, 2.24) is 9.62 Å². The van der Waals surface area contributed by atoms with Gasteiger partial charge in [0, 0.05) is 24.8 Å². The Morgan fingerprint density at radius 2 is 1.60 bits per heavy atom. The Hall–Kier alpha value is -3.17. The van der Waals surface area contributed by atoms with Crippen molar-refractivity contribution in [2.75, 3.05) is 18.0 Å². The number of anilines is 1. The second-order valence-corrected chi connectivity index (χ2v) is 12.2. The van der Waals surface area contributed by atoms with Crippen LogP contribution >= 0.6 is 0 Å². The Kier molecular flexibility index (Phi) is 7.42. The summed E-state index contributed by atoms with van der Waals surface area (Å²) in [5, 5.41) is 12.7. The van der Waals surface area contributed by atoms with Crippen LogP contribution < -0.4 is 10.2 Å². The Balaban J connectivity index is 1.85. The number of carbonyl (C=O) groups is 2. The number of carboxylic acid groups (broad SMARTS) is 1. The lowest BCUT2D eigenvalue weighted by molar-refractivity contribution is -0.120. The number of hydrogen-bond acceptors (Lipinski definition) is 4. The van der Waals surface area contributed by atoms with E-state index < -0.39 is 26.9 Å². The van der Waals surface area contributed by atoms with Gasteiger partial charge in [-0.15, -0.1) is 0 Å². The van der Waals surface area contributed by atoms with Crippen LogP contribution in [0.1, 0.15) is 33.3 Å². The highest BCUT2D eigenvalue weighted by Gasteiger charge is 2.50. The van der Waals surface area contributed by atoms with E-state index in [1.807, 2.05) is 58.0 Å². The van der Waals surface area contributed by atoms with Crippen LogP contribution in [0.25, 0.3) is 0 Å². The highest BCUT2D eigenvalue weighted by molar-refractivity contribution is 7.89. The zero-order valence-corrected chi connectivity index (χ0v) is 21.4. The topological polar surface area (TPSA) is 107 Å². The average Bonchev–Trinajstić information content (AvgIpc) is 2.79. The molecule has 0 aliphatic carbocycles. The predicted octanol–water partition coefficient (Wildman–Crippen LogP) is 4.10. The second-order valence-electron chi connectivity index (χ2n) is 10.2.